The first-order chi connectivity index (χ1) is 13.1. The second-order valence-corrected chi connectivity index (χ2v) is 5.63. The Morgan fingerprint density at radius 1 is 1.04 bits per heavy atom. The lowest BCUT2D eigenvalue weighted by Gasteiger charge is -2.08. The van der Waals surface area contributed by atoms with Gasteiger partial charge in [0.25, 0.3) is 5.91 Å². The van der Waals surface area contributed by atoms with Crippen molar-refractivity contribution >= 4 is 11.9 Å². The van der Waals surface area contributed by atoms with Gasteiger partial charge in [0.2, 0.25) is 0 Å². The Kier molecular flexibility index (Phi) is 5.51. The Morgan fingerprint density at radius 2 is 1.74 bits per heavy atom. The van der Waals surface area contributed by atoms with E-state index in [1.165, 1.54) is 7.11 Å². The van der Waals surface area contributed by atoms with Gasteiger partial charge in [-0.1, -0.05) is 30.3 Å². The summed E-state index contributed by atoms with van der Waals surface area (Å²) in [5.41, 5.74) is 2.27. The fourth-order valence-electron chi connectivity index (χ4n) is 2.61. The summed E-state index contributed by atoms with van der Waals surface area (Å²) in [5, 5.41) is 7.14. The smallest absolute Gasteiger partial charge is 0.325 e. The number of aromatic nitrogens is 2. The first-order valence-corrected chi connectivity index (χ1v) is 8.27. The summed E-state index contributed by atoms with van der Waals surface area (Å²) in [6.07, 6.45) is 1.63. The maximum atomic E-state index is 12.7. The first kappa shape index (κ1) is 18.2. The van der Waals surface area contributed by atoms with Crippen LogP contribution in [0.15, 0.2) is 60.8 Å². The van der Waals surface area contributed by atoms with E-state index >= 15 is 0 Å². The van der Waals surface area contributed by atoms with Gasteiger partial charge in [0.05, 0.1) is 25.5 Å². The van der Waals surface area contributed by atoms with Gasteiger partial charge in [0.1, 0.15) is 18.0 Å². The molecule has 3 aromatic rings. The summed E-state index contributed by atoms with van der Waals surface area (Å²) in [5.74, 6) is -0.362. The van der Waals surface area contributed by atoms with Crippen molar-refractivity contribution in [2.45, 2.75) is 0 Å². The molecule has 0 bridgehead atoms. The number of esters is 1. The highest BCUT2D eigenvalue weighted by Crippen LogP contribution is 2.31. The van der Waals surface area contributed by atoms with E-state index in [9.17, 15) is 9.59 Å². The van der Waals surface area contributed by atoms with Gasteiger partial charge in [0.15, 0.2) is 0 Å². The molecular formula is C20H19N3O4. The van der Waals surface area contributed by atoms with Gasteiger partial charge in [-0.2, -0.15) is 5.10 Å². The molecule has 0 spiro atoms. The molecule has 0 fully saturated rings. The number of carbonyl (C=O) groups excluding carboxylic acids is 2. The van der Waals surface area contributed by atoms with Gasteiger partial charge in [-0.15, -0.1) is 0 Å². The minimum absolute atomic E-state index is 0.225. The van der Waals surface area contributed by atoms with Gasteiger partial charge in [-0.05, 0) is 24.3 Å². The highest BCUT2D eigenvalue weighted by atomic mass is 16.5. The van der Waals surface area contributed by atoms with E-state index in [1.807, 2.05) is 48.5 Å². The molecule has 7 nitrogen and oxygen atoms in total. The molecular weight excluding hydrogens is 346 g/mol. The Hall–Kier alpha value is -3.61. The largest absolute Gasteiger partial charge is 0.496 e. The first-order valence-electron chi connectivity index (χ1n) is 8.27. The lowest BCUT2D eigenvalue weighted by atomic mass is 10.1. The molecule has 1 amide bonds. The lowest BCUT2D eigenvalue weighted by Crippen LogP contribution is -2.30. The van der Waals surface area contributed by atoms with Gasteiger partial charge in [-0.25, -0.2) is 4.68 Å². The number of ether oxygens (including phenoxy) is 2. The topological polar surface area (TPSA) is 82.5 Å². The third kappa shape index (κ3) is 3.98. The van der Waals surface area contributed by atoms with Crippen molar-refractivity contribution in [3.05, 3.63) is 66.4 Å². The molecule has 0 saturated carbocycles. The Labute approximate surface area is 156 Å². The van der Waals surface area contributed by atoms with Gasteiger partial charge >= 0.3 is 5.97 Å². The molecule has 1 heterocycles. The highest BCUT2D eigenvalue weighted by Gasteiger charge is 2.21. The summed E-state index contributed by atoms with van der Waals surface area (Å²) in [6.45, 7) is -0.225. The van der Waals surface area contributed by atoms with Gasteiger partial charge in [-0.3, -0.25) is 9.59 Å². The number of nitrogens with one attached hydrogen (secondary N) is 1. The van der Waals surface area contributed by atoms with Crippen molar-refractivity contribution in [1.29, 1.82) is 0 Å². The molecule has 0 atom stereocenters. The fraction of sp³-hybridized carbons (Fsp3) is 0.150. The Bertz CT molecular complexity index is 951. The second kappa shape index (κ2) is 8.18. The van der Waals surface area contributed by atoms with Crippen LogP contribution in [0.3, 0.4) is 0 Å². The predicted molar refractivity (Wildman–Crippen MR) is 99.9 cm³/mol. The Morgan fingerprint density at radius 3 is 2.44 bits per heavy atom. The quantitative estimate of drug-likeness (QED) is 0.679. The van der Waals surface area contributed by atoms with E-state index in [1.54, 1.807) is 24.1 Å². The van der Waals surface area contributed by atoms with E-state index in [0.29, 0.717) is 22.6 Å². The molecule has 0 radical (unpaired) electrons. The minimum atomic E-state index is -0.530. The molecule has 0 aliphatic carbocycles. The number of hydrogen-bond donors (Lipinski definition) is 1. The van der Waals surface area contributed by atoms with E-state index in [-0.39, 0.29) is 6.54 Å². The summed E-state index contributed by atoms with van der Waals surface area (Å²) in [7, 11) is 2.83. The standard InChI is InChI=1S/C20H19N3O4/c1-26-17-11-7-6-10-15(17)19-16(20(25)21-12-18(24)27-2)13-23(22-19)14-8-4-3-5-9-14/h3-11,13H,12H2,1-2H3,(H,21,25). The number of nitrogens with zero attached hydrogens (tertiary/aromatic N) is 2. The van der Waals surface area contributed by atoms with Crippen LogP contribution in [-0.4, -0.2) is 42.4 Å². The maximum absolute atomic E-state index is 12.7. The van der Waals surface area contributed by atoms with Gasteiger partial charge in [0, 0.05) is 11.8 Å². The Balaban J connectivity index is 2.06. The SMILES string of the molecule is COC(=O)CNC(=O)c1cn(-c2ccccc2)nc1-c1ccccc1OC. The second-order valence-electron chi connectivity index (χ2n) is 5.63. The predicted octanol–water partition coefficient (Wildman–Crippen LogP) is 2.45. The van der Waals surface area contributed by atoms with Crippen LogP contribution < -0.4 is 10.1 Å². The summed E-state index contributed by atoms with van der Waals surface area (Å²) in [6, 6.07) is 16.7. The molecule has 3 rings (SSSR count). The number of benzene rings is 2. The third-order valence-corrected chi connectivity index (χ3v) is 3.96. The molecule has 0 aliphatic rings. The lowest BCUT2D eigenvalue weighted by molar-refractivity contribution is -0.139. The number of amides is 1. The highest BCUT2D eigenvalue weighted by molar-refractivity contribution is 6.01. The molecule has 1 N–H and O–H groups in total. The molecule has 7 heteroatoms. The molecule has 1 aromatic heterocycles. The molecule has 0 aliphatic heterocycles. The van der Waals surface area contributed by atoms with Crippen molar-refractivity contribution in [2.24, 2.45) is 0 Å². The van der Waals surface area contributed by atoms with E-state index in [4.69, 9.17) is 4.74 Å². The van der Waals surface area contributed by atoms with Crippen LogP contribution in [0.1, 0.15) is 10.4 Å². The zero-order valence-electron chi connectivity index (χ0n) is 15.0. The molecule has 2 aromatic carbocycles. The van der Waals surface area contributed by atoms with Crippen LogP contribution >= 0.6 is 0 Å². The monoisotopic (exact) mass is 365 g/mol. The van der Waals surface area contributed by atoms with Crippen LogP contribution in [0.2, 0.25) is 0 Å². The number of methoxy groups -OCH3 is 2. The normalized spacial score (nSPS) is 10.3. The molecule has 0 saturated heterocycles. The number of rotatable bonds is 6. The van der Waals surface area contributed by atoms with E-state index in [0.717, 1.165) is 5.69 Å². The zero-order chi connectivity index (χ0) is 19.2. The van der Waals surface area contributed by atoms with Crippen LogP contribution in [0.5, 0.6) is 5.75 Å². The number of hydrogen-bond acceptors (Lipinski definition) is 5. The fourth-order valence-corrected chi connectivity index (χ4v) is 2.61. The average Bonchev–Trinajstić information content (AvgIpc) is 3.17. The van der Waals surface area contributed by atoms with Crippen molar-refractivity contribution in [3.8, 4) is 22.7 Å². The van der Waals surface area contributed by atoms with Crippen LogP contribution in [-0.2, 0) is 9.53 Å². The van der Waals surface area contributed by atoms with E-state index < -0.39 is 11.9 Å². The molecule has 138 valence electrons. The number of carbonyl (C=O) groups is 2. The van der Waals surface area contributed by atoms with Crippen molar-refractivity contribution in [2.75, 3.05) is 20.8 Å². The summed E-state index contributed by atoms with van der Waals surface area (Å²) >= 11 is 0. The maximum Gasteiger partial charge on any atom is 0.325 e. The summed E-state index contributed by atoms with van der Waals surface area (Å²) < 4.78 is 11.6. The minimum Gasteiger partial charge on any atom is -0.496 e. The van der Waals surface area contributed by atoms with Crippen molar-refractivity contribution in [1.82, 2.24) is 15.1 Å². The van der Waals surface area contributed by atoms with Crippen LogP contribution in [0, 0.1) is 0 Å². The van der Waals surface area contributed by atoms with Gasteiger partial charge < -0.3 is 14.8 Å². The molecule has 27 heavy (non-hydrogen) atoms. The third-order valence-electron chi connectivity index (χ3n) is 3.96. The number of para-hydroxylation sites is 2. The molecule has 0 unspecified atom stereocenters. The van der Waals surface area contributed by atoms with Crippen molar-refractivity contribution in [3.63, 3.8) is 0 Å². The summed E-state index contributed by atoms with van der Waals surface area (Å²) in [4.78, 5) is 24.0. The van der Waals surface area contributed by atoms with Crippen LogP contribution in [0.4, 0.5) is 0 Å². The average molecular weight is 365 g/mol. The zero-order valence-corrected chi connectivity index (χ0v) is 15.0. The van der Waals surface area contributed by atoms with E-state index in [2.05, 4.69) is 15.2 Å². The van der Waals surface area contributed by atoms with Crippen LogP contribution in [0.25, 0.3) is 16.9 Å². The van der Waals surface area contributed by atoms with Crippen molar-refractivity contribution < 1.29 is 19.1 Å².